The SMILES string of the molecule is CCC(O)CCNC(=O)Nc1ccc(F)cc1OCC(F)(F)F. The van der Waals surface area contributed by atoms with E-state index in [1.807, 2.05) is 0 Å². The minimum atomic E-state index is -4.58. The number of halogens is 4. The quantitative estimate of drug-likeness (QED) is 0.669. The molecule has 9 heteroatoms. The Morgan fingerprint density at radius 3 is 2.70 bits per heavy atom. The third kappa shape index (κ3) is 7.68. The molecule has 0 fully saturated rings. The van der Waals surface area contributed by atoms with Gasteiger partial charge in [-0.2, -0.15) is 13.2 Å². The van der Waals surface area contributed by atoms with Crippen molar-refractivity contribution in [1.82, 2.24) is 5.32 Å². The van der Waals surface area contributed by atoms with Gasteiger partial charge in [-0.05, 0) is 25.0 Å². The number of anilines is 1. The lowest BCUT2D eigenvalue weighted by Gasteiger charge is -2.15. The number of nitrogens with one attached hydrogen (secondary N) is 2. The zero-order chi connectivity index (χ0) is 17.5. The molecular weight excluding hydrogens is 320 g/mol. The highest BCUT2D eigenvalue weighted by Gasteiger charge is 2.29. The Balaban J connectivity index is 2.62. The topological polar surface area (TPSA) is 70.6 Å². The van der Waals surface area contributed by atoms with Gasteiger partial charge in [0.2, 0.25) is 0 Å². The number of hydrogen-bond acceptors (Lipinski definition) is 3. The minimum Gasteiger partial charge on any atom is -0.482 e. The molecule has 0 aromatic heterocycles. The number of amides is 2. The molecule has 3 N–H and O–H groups in total. The summed E-state index contributed by atoms with van der Waals surface area (Å²) in [6.45, 7) is 0.365. The van der Waals surface area contributed by atoms with Gasteiger partial charge in [-0.1, -0.05) is 6.92 Å². The van der Waals surface area contributed by atoms with Crippen LogP contribution in [0.2, 0.25) is 0 Å². The van der Waals surface area contributed by atoms with Crippen LogP contribution in [-0.4, -0.2) is 36.6 Å². The Bertz CT molecular complexity index is 523. The number of ether oxygens (including phenoxy) is 1. The van der Waals surface area contributed by atoms with Crippen molar-refractivity contribution < 1.29 is 32.2 Å². The fourth-order valence-corrected chi connectivity index (χ4v) is 1.60. The molecule has 0 saturated carbocycles. The molecule has 23 heavy (non-hydrogen) atoms. The first-order valence-corrected chi connectivity index (χ1v) is 6.93. The summed E-state index contributed by atoms with van der Waals surface area (Å²) in [5, 5.41) is 14.0. The maximum Gasteiger partial charge on any atom is 0.422 e. The van der Waals surface area contributed by atoms with Gasteiger partial charge in [-0.25, -0.2) is 9.18 Å². The number of carbonyl (C=O) groups excluding carboxylic acids is 1. The van der Waals surface area contributed by atoms with Gasteiger partial charge in [0.1, 0.15) is 11.6 Å². The number of hydrogen-bond donors (Lipinski definition) is 3. The van der Waals surface area contributed by atoms with Gasteiger partial charge in [0.25, 0.3) is 0 Å². The lowest BCUT2D eigenvalue weighted by Crippen LogP contribution is -2.31. The molecule has 1 aromatic carbocycles. The summed E-state index contributed by atoms with van der Waals surface area (Å²) in [5.41, 5.74) is -0.0933. The van der Waals surface area contributed by atoms with Gasteiger partial charge in [0, 0.05) is 12.6 Å². The Kier molecular flexibility index (Phi) is 7.08. The molecule has 0 aliphatic carbocycles. The molecule has 0 heterocycles. The monoisotopic (exact) mass is 338 g/mol. The average Bonchev–Trinajstić information content (AvgIpc) is 2.46. The third-order valence-corrected chi connectivity index (χ3v) is 2.82. The summed E-state index contributed by atoms with van der Waals surface area (Å²) in [4.78, 5) is 11.6. The van der Waals surface area contributed by atoms with Crippen LogP contribution in [0.1, 0.15) is 19.8 Å². The van der Waals surface area contributed by atoms with Crippen LogP contribution in [0, 0.1) is 5.82 Å². The van der Waals surface area contributed by atoms with E-state index in [-0.39, 0.29) is 12.2 Å². The predicted molar refractivity (Wildman–Crippen MR) is 75.9 cm³/mol. The van der Waals surface area contributed by atoms with Crippen molar-refractivity contribution in [3.8, 4) is 5.75 Å². The molecule has 0 spiro atoms. The zero-order valence-corrected chi connectivity index (χ0v) is 12.4. The van der Waals surface area contributed by atoms with E-state index in [4.69, 9.17) is 0 Å². The minimum absolute atomic E-state index is 0.0933. The van der Waals surface area contributed by atoms with Gasteiger partial charge in [-0.15, -0.1) is 0 Å². The fraction of sp³-hybridized carbons (Fsp3) is 0.500. The Labute approximate surface area is 130 Å². The molecule has 0 bridgehead atoms. The van der Waals surface area contributed by atoms with Gasteiger partial charge in [0.05, 0.1) is 11.8 Å². The lowest BCUT2D eigenvalue weighted by molar-refractivity contribution is -0.153. The highest BCUT2D eigenvalue weighted by molar-refractivity contribution is 5.90. The number of aliphatic hydroxyl groups is 1. The van der Waals surface area contributed by atoms with E-state index in [0.717, 1.165) is 18.2 Å². The van der Waals surface area contributed by atoms with E-state index in [1.54, 1.807) is 6.92 Å². The van der Waals surface area contributed by atoms with Crippen molar-refractivity contribution in [3.05, 3.63) is 24.0 Å². The first kappa shape index (κ1) is 19.0. The molecule has 0 radical (unpaired) electrons. The molecule has 1 rings (SSSR count). The van der Waals surface area contributed by atoms with E-state index in [1.165, 1.54) is 0 Å². The van der Waals surface area contributed by atoms with Crippen LogP contribution < -0.4 is 15.4 Å². The first-order chi connectivity index (χ1) is 10.7. The predicted octanol–water partition coefficient (Wildman–Crippen LogP) is 3.05. The van der Waals surface area contributed by atoms with Crippen LogP contribution in [0.5, 0.6) is 5.75 Å². The van der Waals surface area contributed by atoms with Crippen molar-refractivity contribution in [2.75, 3.05) is 18.5 Å². The number of rotatable bonds is 7. The standard InChI is InChI=1S/C14H18F4N2O3/c1-2-10(21)5-6-19-13(22)20-11-4-3-9(15)7-12(11)23-8-14(16,17)18/h3-4,7,10,21H,2,5-6,8H2,1H3,(H2,19,20,22). The third-order valence-electron chi connectivity index (χ3n) is 2.82. The van der Waals surface area contributed by atoms with Gasteiger partial charge < -0.3 is 20.5 Å². The summed E-state index contributed by atoms with van der Waals surface area (Å²) in [7, 11) is 0. The largest absolute Gasteiger partial charge is 0.482 e. The second-order valence-corrected chi connectivity index (χ2v) is 4.78. The summed E-state index contributed by atoms with van der Waals surface area (Å²) in [6, 6.07) is 2.14. The van der Waals surface area contributed by atoms with E-state index >= 15 is 0 Å². The van der Waals surface area contributed by atoms with Crippen LogP contribution >= 0.6 is 0 Å². The number of benzene rings is 1. The summed E-state index contributed by atoms with van der Waals surface area (Å²) in [5.74, 6) is -1.22. The molecule has 0 aliphatic heterocycles. The van der Waals surface area contributed by atoms with E-state index in [9.17, 15) is 27.5 Å². The van der Waals surface area contributed by atoms with Crippen LogP contribution in [0.15, 0.2) is 18.2 Å². The van der Waals surface area contributed by atoms with Crippen molar-refractivity contribution in [1.29, 1.82) is 0 Å². The van der Waals surface area contributed by atoms with Crippen LogP contribution in [0.25, 0.3) is 0 Å². The Hall–Kier alpha value is -2.03. The van der Waals surface area contributed by atoms with Crippen LogP contribution in [0.3, 0.4) is 0 Å². The number of urea groups is 1. The van der Waals surface area contributed by atoms with Crippen molar-refractivity contribution in [2.24, 2.45) is 0 Å². The summed E-state index contributed by atoms with van der Waals surface area (Å²) >= 11 is 0. The Morgan fingerprint density at radius 1 is 1.39 bits per heavy atom. The van der Waals surface area contributed by atoms with Crippen molar-refractivity contribution in [3.63, 3.8) is 0 Å². The first-order valence-electron chi connectivity index (χ1n) is 6.93. The maximum atomic E-state index is 13.1. The van der Waals surface area contributed by atoms with Gasteiger partial charge in [-0.3, -0.25) is 0 Å². The highest BCUT2D eigenvalue weighted by atomic mass is 19.4. The van der Waals surface area contributed by atoms with Gasteiger partial charge in [0.15, 0.2) is 6.61 Å². The molecule has 0 saturated heterocycles. The van der Waals surface area contributed by atoms with E-state index < -0.39 is 36.5 Å². The summed E-state index contributed by atoms with van der Waals surface area (Å²) in [6.07, 6.45) is -4.25. The molecule has 1 aromatic rings. The molecule has 1 unspecified atom stereocenters. The molecule has 0 aliphatic rings. The molecule has 5 nitrogen and oxygen atoms in total. The normalized spacial score (nSPS) is 12.6. The number of alkyl halides is 3. The zero-order valence-electron chi connectivity index (χ0n) is 12.4. The molecule has 1 atom stereocenters. The summed E-state index contributed by atoms with van der Waals surface area (Å²) < 4.78 is 54.1. The van der Waals surface area contributed by atoms with E-state index in [0.29, 0.717) is 12.8 Å². The highest BCUT2D eigenvalue weighted by Crippen LogP contribution is 2.27. The smallest absolute Gasteiger partial charge is 0.422 e. The van der Waals surface area contributed by atoms with Crippen molar-refractivity contribution in [2.45, 2.75) is 32.0 Å². The Morgan fingerprint density at radius 2 is 2.09 bits per heavy atom. The molecule has 130 valence electrons. The lowest BCUT2D eigenvalue weighted by atomic mass is 10.2. The van der Waals surface area contributed by atoms with Crippen LogP contribution in [0.4, 0.5) is 28.0 Å². The fourth-order valence-electron chi connectivity index (χ4n) is 1.60. The number of aliphatic hydroxyl groups excluding tert-OH is 1. The molecular formula is C14H18F4N2O3. The second kappa shape index (κ2) is 8.56. The van der Waals surface area contributed by atoms with E-state index in [2.05, 4.69) is 15.4 Å². The average molecular weight is 338 g/mol. The second-order valence-electron chi connectivity index (χ2n) is 4.78. The van der Waals surface area contributed by atoms with Gasteiger partial charge >= 0.3 is 12.2 Å². The maximum absolute atomic E-state index is 13.1. The number of carbonyl (C=O) groups is 1. The molecule has 2 amide bonds. The van der Waals surface area contributed by atoms with Crippen LogP contribution in [-0.2, 0) is 0 Å². The van der Waals surface area contributed by atoms with Crippen molar-refractivity contribution >= 4 is 11.7 Å².